The minimum Gasteiger partial charge on any atom is -0.401 e. The molecule has 3 rings (SSSR count). The summed E-state index contributed by atoms with van der Waals surface area (Å²) in [6, 6.07) is 8.31. The topological polar surface area (TPSA) is 41.8 Å². The molecule has 2 aromatic rings. The Hall–Kier alpha value is -1.70. The average molecular weight is 184 g/mol. The Kier molecular flexibility index (Phi) is 1.45. The zero-order chi connectivity index (χ0) is 9.54. The number of para-hydroxylation sites is 1. The fraction of sp³-hybridized carbons (Fsp3) is 0.167. The number of benzene rings is 1. The van der Waals surface area contributed by atoms with E-state index in [1.54, 1.807) is 0 Å². The molecular formula is C12H12N2. The molecule has 1 aromatic heterocycles. The zero-order valence-corrected chi connectivity index (χ0v) is 7.88. The van der Waals surface area contributed by atoms with Gasteiger partial charge in [0.1, 0.15) is 0 Å². The fourth-order valence-electron chi connectivity index (χ4n) is 2.16. The Bertz CT molecular complexity index is 605. The third-order valence-corrected chi connectivity index (χ3v) is 2.82. The first-order valence-corrected chi connectivity index (χ1v) is 4.92. The van der Waals surface area contributed by atoms with Crippen LogP contribution >= 0.6 is 0 Å². The quantitative estimate of drug-likeness (QED) is 0.625. The Morgan fingerprint density at radius 3 is 3.00 bits per heavy atom. The second-order valence-corrected chi connectivity index (χ2v) is 3.73. The SMILES string of the molecule is NC1=c2c([nH]c3ccccc23)=CCC1. The smallest absolute Gasteiger partial charge is 0.0465 e. The Morgan fingerprint density at radius 1 is 1.21 bits per heavy atom. The molecule has 70 valence electrons. The van der Waals surface area contributed by atoms with Gasteiger partial charge in [-0.15, -0.1) is 0 Å². The third kappa shape index (κ3) is 0.909. The molecule has 0 fully saturated rings. The van der Waals surface area contributed by atoms with E-state index in [-0.39, 0.29) is 0 Å². The molecule has 2 heteroatoms. The standard InChI is InChI=1S/C12H12N2/c13-9-5-3-7-11-12(9)8-4-1-2-6-10(8)14-11/h1-2,4,6-7,14H,3,5,13H2. The molecule has 0 unspecified atom stereocenters. The van der Waals surface area contributed by atoms with Crippen molar-refractivity contribution in [1.82, 2.24) is 4.98 Å². The van der Waals surface area contributed by atoms with Crippen LogP contribution in [0.25, 0.3) is 22.7 Å². The normalized spacial score (nSPS) is 15.3. The highest BCUT2D eigenvalue weighted by Gasteiger charge is 2.06. The first-order chi connectivity index (χ1) is 6.86. The van der Waals surface area contributed by atoms with Gasteiger partial charge in [0, 0.05) is 27.2 Å². The average Bonchev–Trinajstić information content (AvgIpc) is 2.57. The van der Waals surface area contributed by atoms with Crippen molar-refractivity contribution in [2.75, 3.05) is 0 Å². The highest BCUT2D eigenvalue weighted by molar-refractivity contribution is 5.82. The van der Waals surface area contributed by atoms with Gasteiger partial charge in [-0.2, -0.15) is 0 Å². The van der Waals surface area contributed by atoms with E-state index in [0.29, 0.717) is 0 Å². The van der Waals surface area contributed by atoms with Gasteiger partial charge in [0.2, 0.25) is 0 Å². The molecule has 0 radical (unpaired) electrons. The molecule has 14 heavy (non-hydrogen) atoms. The summed E-state index contributed by atoms with van der Waals surface area (Å²) in [5, 5.41) is 3.65. The van der Waals surface area contributed by atoms with E-state index in [2.05, 4.69) is 29.3 Å². The van der Waals surface area contributed by atoms with E-state index in [4.69, 9.17) is 5.73 Å². The molecule has 0 atom stereocenters. The molecule has 1 aliphatic rings. The highest BCUT2D eigenvalue weighted by atomic mass is 14.7. The Morgan fingerprint density at radius 2 is 2.07 bits per heavy atom. The van der Waals surface area contributed by atoms with Gasteiger partial charge in [-0.05, 0) is 18.9 Å². The van der Waals surface area contributed by atoms with Crippen molar-refractivity contribution in [3.05, 3.63) is 34.8 Å². The predicted octanol–water partition coefficient (Wildman–Crippen LogP) is 0.809. The van der Waals surface area contributed by atoms with Gasteiger partial charge in [-0.1, -0.05) is 24.3 Å². The van der Waals surface area contributed by atoms with Crippen LogP contribution in [0.2, 0.25) is 0 Å². The van der Waals surface area contributed by atoms with Crippen LogP contribution in [0, 0.1) is 0 Å². The van der Waals surface area contributed by atoms with Crippen molar-refractivity contribution in [2.24, 2.45) is 5.73 Å². The summed E-state index contributed by atoms with van der Waals surface area (Å²) < 4.78 is 0. The molecule has 1 aromatic carbocycles. The highest BCUT2D eigenvalue weighted by Crippen LogP contribution is 2.08. The van der Waals surface area contributed by atoms with Crippen molar-refractivity contribution in [3.63, 3.8) is 0 Å². The van der Waals surface area contributed by atoms with Crippen molar-refractivity contribution in [2.45, 2.75) is 12.8 Å². The number of aromatic amines is 1. The van der Waals surface area contributed by atoms with Crippen LogP contribution in [0.5, 0.6) is 0 Å². The van der Waals surface area contributed by atoms with Gasteiger partial charge in [0.05, 0.1) is 0 Å². The van der Waals surface area contributed by atoms with E-state index in [1.807, 2.05) is 6.07 Å². The molecule has 1 heterocycles. The van der Waals surface area contributed by atoms with Crippen LogP contribution < -0.4 is 16.3 Å². The lowest BCUT2D eigenvalue weighted by Crippen LogP contribution is -2.30. The third-order valence-electron chi connectivity index (χ3n) is 2.82. The number of hydrogen-bond donors (Lipinski definition) is 2. The van der Waals surface area contributed by atoms with Gasteiger partial charge in [0.15, 0.2) is 0 Å². The maximum absolute atomic E-state index is 6.03. The number of nitrogens with one attached hydrogen (secondary N) is 1. The second-order valence-electron chi connectivity index (χ2n) is 3.73. The molecule has 0 saturated carbocycles. The fourth-order valence-corrected chi connectivity index (χ4v) is 2.16. The summed E-state index contributed by atoms with van der Waals surface area (Å²) in [7, 11) is 0. The minimum atomic E-state index is 0.981. The van der Waals surface area contributed by atoms with E-state index < -0.39 is 0 Å². The first kappa shape index (κ1) is 7.68. The monoisotopic (exact) mass is 184 g/mol. The lowest BCUT2D eigenvalue weighted by Gasteiger charge is -2.01. The van der Waals surface area contributed by atoms with Crippen LogP contribution in [-0.2, 0) is 0 Å². The van der Waals surface area contributed by atoms with E-state index >= 15 is 0 Å². The molecule has 0 amide bonds. The summed E-state index contributed by atoms with van der Waals surface area (Å²) in [6.45, 7) is 0. The largest absolute Gasteiger partial charge is 0.401 e. The molecular weight excluding hydrogens is 172 g/mol. The Balaban J connectivity index is 2.66. The molecule has 0 spiro atoms. The second kappa shape index (κ2) is 2.64. The summed E-state index contributed by atoms with van der Waals surface area (Å²) in [6.07, 6.45) is 4.26. The van der Waals surface area contributed by atoms with Gasteiger partial charge < -0.3 is 10.7 Å². The van der Waals surface area contributed by atoms with Crippen LogP contribution in [0.15, 0.2) is 24.3 Å². The van der Waals surface area contributed by atoms with Crippen LogP contribution in [0.3, 0.4) is 0 Å². The maximum atomic E-state index is 6.03. The number of fused-ring (bicyclic) bond motifs is 3. The van der Waals surface area contributed by atoms with Crippen molar-refractivity contribution in [3.8, 4) is 0 Å². The van der Waals surface area contributed by atoms with Crippen LogP contribution in [0.1, 0.15) is 12.8 Å². The van der Waals surface area contributed by atoms with Gasteiger partial charge >= 0.3 is 0 Å². The number of hydrogen-bond acceptors (Lipinski definition) is 1. The van der Waals surface area contributed by atoms with Gasteiger partial charge in [0.25, 0.3) is 0 Å². The van der Waals surface area contributed by atoms with E-state index in [9.17, 15) is 0 Å². The first-order valence-electron chi connectivity index (χ1n) is 4.92. The number of H-pyrrole nitrogens is 1. The van der Waals surface area contributed by atoms with Crippen molar-refractivity contribution < 1.29 is 0 Å². The van der Waals surface area contributed by atoms with Crippen molar-refractivity contribution >= 4 is 22.7 Å². The molecule has 2 nitrogen and oxygen atoms in total. The molecule has 0 saturated heterocycles. The van der Waals surface area contributed by atoms with Gasteiger partial charge in [-0.3, -0.25) is 0 Å². The lowest BCUT2D eigenvalue weighted by atomic mass is 10.1. The number of nitrogens with two attached hydrogens (primary N) is 1. The number of aromatic nitrogens is 1. The van der Waals surface area contributed by atoms with Crippen LogP contribution in [0.4, 0.5) is 0 Å². The summed E-state index contributed by atoms with van der Waals surface area (Å²) in [4.78, 5) is 3.39. The molecule has 1 aliphatic carbocycles. The predicted molar refractivity (Wildman–Crippen MR) is 58.8 cm³/mol. The summed E-state index contributed by atoms with van der Waals surface area (Å²) in [5.41, 5.74) is 8.23. The minimum absolute atomic E-state index is 0.981. The molecule has 0 aliphatic heterocycles. The number of rotatable bonds is 0. The van der Waals surface area contributed by atoms with Crippen LogP contribution in [-0.4, -0.2) is 4.98 Å². The van der Waals surface area contributed by atoms with Crippen molar-refractivity contribution in [1.29, 1.82) is 0 Å². The van der Waals surface area contributed by atoms with E-state index in [1.165, 1.54) is 21.5 Å². The maximum Gasteiger partial charge on any atom is 0.0465 e. The Labute approximate surface area is 81.7 Å². The lowest BCUT2D eigenvalue weighted by molar-refractivity contribution is 1.05. The zero-order valence-electron chi connectivity index (χ0n) is 7.88. The van der Waals surface area contributed by atoms with Gasteiger partial charge in [-0.25, -0.2) is 0 Å². The van der Waals surface area contributed by atoms with E-state index in [0.717, 1.165) is 18.5 Å². The summed E-state index contributed by atoms with van der Waals surface area (Å²) >= 11 is 0. The molecule has 0 bridgehead atoms. The molecule has 3 N–H and O–H groups in total. The summed E-state index contributed by atoms with van der Waals surface area (Å²) in [5.74, 6) is 0.